The summed E-state index contributed by atoms with van der Waals surface area (Å²) in [6.07, 6.45) is 1.09. The highest BCUT2D eigenvalue weighted by molar-refractivity contribution is 7.10. The van der Waals surface area contributed by atoms with E-state index in [1.807, 2.05) is 25.2 Å². The summed E-state index contributed by atoms with van der Waals surface area (Å²) in [5.41, 5.74) is 1.41. The third-order valence-electron chi connectivity index (χ3n) is 4.34. The van der Waals surface area contributed by atoms with Crippen molar-refractivity contribution in [2.75, 3.05) is 13.1 Å². The van der Waals surface area contributed by atoms with E-state index in [4.69, 9.17) is 0 Å². The Balaban J connectivity index is 1.85. The number of hydrogen-bond acceptors (Lipinski definition) is 4. The fourth-order valence-electron chi connectivity index (χ4n) is 2.89. The van der Waals surface area contributed by atoms with E-state index in [-0.39, 0.29) is 23.8 Å². The molecular weight excluding hydrogens is 310 g/mol. The van der Waals surface area contributed by atoms with Gasteiger partial charge in [0.05, 0.1) is 0 Å². The number of amides is 2. The van der Waals surface area contributed by atoms with Crippen molar-refractivity contribution < 1.29 is 9.59 Å². The second kappa shape index (κ2) is 7.93. The highest BCUT2D eigenvalue weighted by Crippen LogP contribution is 2.24. The normalized spacial score (nSPS) is 17.4. The highest BCUT2D eigenvalue weighted by Gasteiger charge is 2.25. The van der Waals surface area contributed by atoms with Gasteiger partial charge in [0.1, 0.15) is 6.04 Å². The summed E-state index contributed by atoms with van der Waals surface area (Å²) < 4.78 is 0. The van der Waals surface area contributed by atoms with Crippen LogP contribution in [0.25, 0.3) is 0 Å². The molecule has 1 aromatic rings. The van der Waals surface area contributed by atoms with Gasteiger partial charge in [-0.1, -0.05) is 13.8 Å². The molecule has 6 heteroatoms. The number of carbonyl (C=O) groups is 2. The molecule has 0 spiro atoms. The van der Waals surface area contributed by atoms with E-state index < -0.39 is 6.04 Å². The number of rotatable bonds is 6. The molecule has 2 N–H and O–H groups in total. The van der Waals surface area contributed by atoms with Crippen molar-refractivity contribution >= 4 is 23.2 Å². The molecule has 2 unspecified atom stereocenters. The van der Waals surface area contributed by atoms with Crippen LogP contribution < -0.4 is 10.6 Å². The Bertz CT molecular complexity index is 556. The number of carbonyl (C=O) groups excluding carboxylic acids is 2. The van der Waals surface area contributed by atoms with Gasteiger partial charge in [-0.15, -0.1) is 11.3 Å². The Labute approximate surface area is 142 Å². The minimum absolute atomic E-state index is 0.0672. The molecule has 2 atom stereocenters. The molecule has 2 heterocycles. The fourth-order valence-corrected chi connectivity index (χ4v) is 3.78. The van der Waals surface area contributed by atoms with Crippen molar-refractivity contribution in [1.82, 2.24) is 15.5 Å². The molecule has 0 aliphatic carbocycles. The van der Waals surface area contributed by atoms with E-state index in [9.17, 15) is 9.59 Å². The predicted octanol–water partition coefficient (Wildman–Crippen LogP) is 1.77. The molecule has 2 rings (SSSR count). The smallest absolute Gasteiger partial charge is 0.242 e. The molecule has 2 amide bonds. The average molecular weight is 337 g/mol. The summed E-state index contributed by atoms with van der Waals surface area (Å²) >= 11 is 1.83. The van der Waals surface area contributed by atoms with Gasteiger partial charge in [0.25, 0.3) is 0 Å². The van der Waals surface area contributed by atoms with E-state index in [0.29, 0.717) is 6.54 Å². The molecule has 1 aromatic heterocycles. The topological polar surface area (TPSA) is 61.4 Å². The van der Waals surface area contributed by atoms with Crippen LogP contribution in [-0.2, 0) is 22.6 Å². The lowest BCUT2D eigenvalue weighted by Gasteiger charge is -2.33. The van der Waals surface area contributed by atoms with Gasteiger partial charge in [-0.2, -0.15) is 0 Å². The van der Waals surface area contributed by atoms with Crippen molar-refractivity contribution in [3.8, 4) is 0 Å². The first-order valence-electron chi connectivity index (χ1n) is 8.22. The Morgan fingerprint density at radius 2 is 2.09 bits per heavy atom. The third kappa shape index (κ3) is 4.78. The summed E-state index contributed by atoms with van der Waals surface area (Å²) in [7, 11) is 0. The number of hydrogen-bond donors (Lipinski definition) is 2. The van der Waals surface area contributed by atoms with Crippen LogP contribution in [0.2, 0.25) is 0 Å². The van der Waals surface area contributed by atoms with Gasteiger partial charge < -0.3 is 10.6 Å². The van der Waals surface area contributed by atoms with Crippen molar-refractivity contribution in [2.45, 2.75) is 52.7 Å². The molecular formula is C17H27N3O2S. The summed E-state index contributed by atoms with van der Waals surface area (Å²) in [4.78, 5) is 27.5. The van der Waals surface area contributed by atoms with E-state index in [1.54, 1.807) is 0 Å². The van der Waals surface area contributed by atoms with Gasteiger partial charge in [0, 0.05) is 37.5 Å². The maximum Gasteiger partial charge on any atom is 0.242 e. The minimum atomic E-state index is -0.468. The molecule has 0 radical (unpaired) electrons. The van der Waals surface area contributed by atoms with Crippen molar-refractivity contribution in [2.24, 2.45) is 5.92 Å². The first-order valence-corrected chi connectivity index (χ1v) is 9.10. The maximum atomic E-state index is 12.3. The van der Waals surface area contributed by atoms with Crippen LogP contribution in [-0.4, -0.2) is 41.9 Å². The zero-order valence-electron chi connectivity index (χ0n) is 14.4. The van der Waals surface area contributed by atoms with Crippen LogP contribution in [0.15, 0.2) is 11.4 Å². The monoisotopic (exact) mass is 337 g/mol. The lowest BCUT2D eigenvalue weighted by atomic mass is 10.0. The van der Waals surface area contributed by atoms with Crippen LogP contribution in [0, 0.1) is 5.92 Å². The van der Waals surface area contributed by atoms with Crippen molar-refractivity contribution in [3.05, 3.63) is 21.9 Å². The average Bonchev–Trinajstić information content (AvgIpc) is 2.96. The molecule has 0 fully saturated rings. The molecule has 128 valence electrons. The van der Waals surface area contributed by atoms with Gasteiger partial charge in [0.15, 0.2) is 0 Å². The Morgan fingerprint density at radius 3 is 2.74 bits per heavy atom. The molecule has 5 nitrogen and oxygen atoms in total. The SMILES string of the molecule is CC(=O)NC(C(=O)NCC(C)N1CCc2sccc2C1)C(C)C. The molecule has 0 aromatic carbocycles. The van der Waals surface area contributed by atoms with Crippen molar-refractivity contribution in [1.29, 1.82) is 0 Å². The van der Waals surface area contributed by atoms with E-state index >= 15 is 0 Å². The summed E-state index contributed by atoms with van der Waals surface area (Å²) in [6.45, 7) is 10.0. The van der Waals surface area contributed by atoms with Crippen LogP contribution >= 0.6 is 11.3 Å². The Morgan fingerprint density at radius 1 is 1.35 bits per heavy atom. The zero-order valence-corrected chi connectivity index (χ0v) is 15.2. The van der Waals surface area contributed by atoms with Gasteiger partial charge in [0.2, 0.25) is 11.8 Å². The summed E-state index contributed by atoms with van der Waals surface area (Å²) in [5, 5.41) is 7.87. The predicted molar refractivity (Wildman–Crippen MR) is 93.3 cm³/mol. The molecule has 23 heavy (non-hydrogen) atoms. The van der Waals surface area contributed by atoms with E-state index in [2.05, 4.69) is 33.9 Å². The van der Waals surface area contributed by atoms with Gasteiger partial charge in [-0.05, 0) is 36.3 Å². The summed E-state index contributed by atoms with van der Waals surface area (Å²) in [5.74, 6) is -0.208. The van der Waals surface area contributed by atoms with Crippen molar-refractivity contribution in [3.63, 3.8) is 0 Å². The Hall–Kier alpha value is -1.40. The molecule has 1 aliphatic heterocycles. The van der Waals surface area contributed by atoms with E-state index in [0.717, 1.165) is 19.5 Å². The lowest BCUT2D eigenvalue weighted by Crippen LogP contribution is -2.52. The molecule has 1 aliphatic rings. The first kappa shape index (κ1) is 17.9. The third-order valence-corrected chi connectivity index (χ3v) is 5.36. The van der Waals surface area contributed by atoms with Crippen LogP contribution in [0.5, 0.6) is 0 Å². The van der Waals surface area contributed by atoms with Crippen LogP contribution in [0.1, 0.15) is 38.1 Å². The molecule has 0 saturated carbocycles. The first-order chi connectivity index (χ1) is 10.9. The molecule has 0 saturated heterocycles. The van der Waals surface area contributed by atoms with Gasteiger partial charge >= 0.3 is 0 Å². The fraction of sp³-hybridized carbons (Fsp3) is 0.647. The minimum Gasteiger partial charge on any atom is -0.353 e. The Kier molecular flexibility index (Phi) is 6.18. The standard InChI is InChI=1S/C17H27N3O2S/c1-11(2)16(19-13(4)21)17(22)18-9-12(3)20-7-5-15-14(10-20)6-8-23-15/h6,8,11-12,16H,5,7,9-10H2,1-4H3,(H,18,22)(H,19,21). The second-order valence-electron chi connectivity index (χ2n) is 6.61. The number of thiophene rings is 1. The number of nitrogens with zero attached hydrogens (tertiary/aromatic N) is 1. The number of nitrogens with one attached hydrogen (secondary N) is 2. The van der Waals surface area contributed by atoms with Crippen LogP contribution in [0.3, 0.4) is 0 Å². The lowest BCUT2D eigenvalue weighted by molar-refractivity contribution is -0.129. The van der Waals surface area contributed by atoms with E-state index in [1.165, 1.54) is 17.4 Å². The maximum absolute atomic E-state index is 12.3. The number of fused-ring (bicyclic) bond motifs is 1. The highest BCUT2D eigenvalue weighted by atomic mass is 32.1. The second-order valence-corrected chi connectivity index (χ2v) is 7.61. The van der Waals surface area contributed by atoms with Gasteiger partial charge in [-0.3, -0.25) is 14.5 Å². The zero-order chi connectivity index (χ0) is 17.0. The molecule has 0 bridgehead atoms. The quantitative estimate of drug-likeness (QED) is 0.832. The van der Waals surface area contributed by atoms with Gasteiger partial charge in [-0.25, -0.2) is 0 Å². The van der Waals surface area contributed by atoms with Crippen LogP contribution in [0.4, 0.5) is 0 Å². The largest absolute Gasteiger partial charge is 0.353 e. The summed E-state index contributed by atoms with van der Waals surface area (Å²) in [6, 6.07) is 2.00.